The molecule has 0 saturated heterocycles. The number of aryl methyl sites for hydroxylation is 2. The van der Waals surface area contributed by atoms with Crippen LogP contribution in [0.15, 0.2) is 12.1 Å². The van der Waals surface area contributed by atoms with Gasteiger partial charge in [-0.25, -0.2) is 0 Å². The summed E-state index contributed by atoms with van der Waals surface area (Å²) in [6.07, 6.45) is 0. The van der Waals surface area contributed by atoms with Crippen molar-refractivity contribution >= 4 is 17.4 Å². The molecule has 1 amide bonds. The molecule has 1 N–H and O–H groups in total. The first-order valence-corrected chi connectivity index (χ1v) is 6.62. The number of nitrogens with one attached hydrogen (secondary N) is 1. The first-order valence-electron chi connectivity index (χ1n) is 6.62. The van der Waals surface area contributed by atoms with Crippen molar-refractivity contribution < 1.29 is 9.59 Å². The summed E-state index contributed by atoms with van der Waals surface area (Å²) in [6.45, 7) is 9.18. The van der Waals surface area contributed by atoms with Crippen LogP contribution in [-0.2, 0) is 4.79 Å². The Bertz CT molecular complexity index is 535. The SMILES string of the molecule is Cc1cc(C)c2c(c1)N(CCNC(C)C)C(=O)C2=O. The highest BCUT2D eigenvalue weighted by Gasteiger charge is 2.36. The van der Waals surface area contributed by atoms with Crippen molar-refractivity contribution in [3.05, 3.63) is 28.8 Å². The first-order chi connectivity index (χ1) is 8.91. The zero-order chi connectivity index (χ0) is 14.2. The fourth-order valence-corrected chi connectivity index (χ4v) is 2.48. The van der Waals surface area contributed by atoms with Gasteiger partial charge in [-0.05, 0) is 31.0 Å². The molecule has 1 heterocycles. The van der Waals surface area contributed by atoms with Gasteiger partial charge in [-0.2, -0.15) is 0 Å². The fraction of sp³-hybridized carbons (Fsp3) is 0.467. The van der Waals surface area contributed by atoms with E-state index in [0.29, 0.717) is 24.7 Å². The van der Waals surface area contributed by atoms with Gasteiger partial charge in [0.25, 0.3) is 11.7 Å². The number of carbonyl (C=O) groups is 2. The quantitative estimate of drug-likeness (QED) is 0.840. The number of hydrogen-bond acceptors (Lipinski definition) is 3. The van der Waals surface area contributed by atoms with Crippen molar-refractivity contribution in [2.24, 2.45) is 0 Å². The molecular formula is C15H20N2O2. The largest absolute Gasteiger partial charge is 0.313 e. The lowest BCUT2D eigenvalue weighted by atomic mass is 10.0. The second-order valence-corrected chi connectivity index (χ2v) is 5.37. The predicted molar refractivity (Wildman–Crippen MR) is 75.7 cm³/mol. The number of nitrogens with zero attached hydrogens (tertiary/aromatic N) is 1. The fourth-order valence-electron chi connectivity index (χ4n) is 2.48. The van der Waals surface area contributed by atoms with Crippen LogP contribution in [0.4, 0.5) is 5.69 Å². The van der Waals surface area contributed by atoms with Crippen molar-refractivity contribution in [1.29, 1.82) is 0 Å². The molecule has 0 aromatic heterocycles. The molecule has 4 nitrogen and oxygen atoms in total. The number of ketones is 1. The summed E-state index contributed by atoms with van der Waals surface area (Å²) in [5.41, 5.74) is 3.28. The van der Waals surface area contributed by atoms with Crippen molar-refractivity contribution in [3.8, 4) is 0 Å². The van der Waals surface area contributed by atoms with Crippen LogP contribution < -0.4 is 10.2 Å². The van der Waals surface area contributed by atoms with Gasteiger partial charge in [0.15, 0.2) is 0 Å². The number of anilines is 1. The maximum Gasteiger partial charge on any atom is 0.299 e. The third-order valence-electron chi connectivity index (χ3n) is 3.30. The van der Waals surface area contributed by atoms with Gasteiger partial charge in [-0.3, -0.25) is 9.59 Å². The molecule has 0 bridgehead atoms. The molecule has 1 aliphatic heterocycles. The molecular weight excluding hydrogens is 240 g/mol. The van der Waals surface area contributed by atoms with E-state index in [4.69, 9.17) is 0 Å². The van der Waals surface area contributed by atoms with E-state index < -0.39 is 5.91 Å². The third-order valence-corrected chi connectivity index (χ3v) is 3.30. The van der Waals surface area contributed by atoms with Crippen LogP contribution >= 0.6 is 0 Å². The zero-order valence-corrected chi connectivity index (χ0v) is 11.9. The molecule has 1 aromatic rings. The monoisotopic (exact) mass is 260 g/mol. The molecule has 102 valence electrons. The smallest absolute Gasteiger partial charge is 0.299 e. The Balaban J connectivity index is 2.28. The van der Waals surface area contributed by atoms with Crippen molar-refractivity contribution in [2.45, 2.75) is 33.7 Å². The highest BCUT2D eigenvalue weighted by Crippen LogP contribution is 2.32. The van der Waals surface area contributed by atoms with Gasteiger partial charge in [0.1, 0.15) is 0 Å². The van der Waals surface area contributed by atoms with Crippen LogP contribution in [0, 0.1) is 13.8 Å². The van der Waals surface area contributed by atoms with Gasteiger partial charge < -0.3 is 10.2 Å². The Morgan fingerprint density at radius 2 is 1.89 bits per heavy atom. The second-order valence-electron chi connectivity index (χ2n) is 5.37. The van der Waals surface area contributed by atoms with Gasteiger partial charge in [-0.15, -0.1) is 0 Å². The predicted octanol–water partition coefficient (Wildman–Crippen LogP) is 1.83. The summed E-state index contributed by atoms with van der Waals surface area (Å²) in [5, 5.41) is 3.26. The molecule has 0 radical (unpaired) electrons. The van der Waals surface area contributed by atoms with Crippen LogP contribution in [0.25, 0.3) is 0 Å². The minimum absolute atomic E-state index is 0.368. The Kier molecular flexibility index (Phi) is 3.71. The maximum atomic E-state index is 12.1. The zero-order valence-electron chi connectivity index (χ0n) is 11.9. The third kappa shape index (κ3) is 2.54. The number of hydrogen-bond donors (Lipinski definition) is 1. The van der Waals surface area contributed by atoms with E-state index in [0.717, 1.165) is 16.8 Å². The van der Waals surface area contributed by atoms with E-state index in [9.17, 15) is 9.59 Å². The van der Waals surface area contributed by atoms with E-state index in [-0.39, 0.29) is 5.78 Å². The molecule has 0 fully saturated rings. The molecule has 2 rings (SSSR count). The normalized spacial score (nSPS) is 14.5. The topological polar surface area (TPSA) is 49.4 Å². The molecule has 4 heteroatoms. The van der Waals surface area contributed by atoms with Crippen LogP contribution in [0.1, 0.15) is 35.3 Å². The van der Waals surface area contributed by atoms with E-state index >= 15 is 0 Å². The summed E-state index contributed by atoms with van der Waals surface area (Å²) in [5.74, 6) is -0.786. The highest BCUT2D eigenvalue weighted by atomic mass is 16.2. The number of Topliss-reactive ketones (excluding diaryl/α,β-unsaturated/α-hetero) is 1. The summed E-state index contributed by atoms with van der Waals surface area (Å²) >= 11 is 0. The maximum absolute atomic E-state index is 12.1. The van der Waals surface area contributed by atoms with Gasteiger partial charge in [-0.1, -0.05) is 19.9 Å². The number of benzene rings is 1. The molecule has 0 spiro atoms. The molecule has 0 atom stereocenters. The minimum atomic E-state index is -0.408. The van der Waals surface area contributed by atoms with Crippen LogP contribution in [-0.4, -0.2) is 30.8 Å². The molecule has 19 heavy (non-hydrogen) atoms. The van der Waals surface area contributed by atoms with Crippen LogP contribution in [0.3, 0.4) is 0 Å². The summed E-state index contributed by atoms with van der Waals surface area (Å²) in [6, 6.07) is 4.23. The summed E-state index contributed by atoms with van der Waals surface area (Å²) in [4.78, 5) is 25.7. The van der Waals surface area contributed by atoms with Gasteiger partial charge in [0.05, 0.1) is 11.3 Å². The van der Waals surface area contributed by atoms with E-state index in [1.54, 1.807) is 4.90 Å². The number of rotatable bonds is 4. The van der Waals surface area contributed by atoms with Crippen molar-refractivity contribution in [2.75, 3.05) is 18.0 Å². The van der Waals surface area contributed by atoms with E-state index in [1.165, 1.54) is 0 Å². The van der Waals surface area contributed by atoms with Crippen molar-refractivity contribution in [3.63, 3.8) is 0 Å². The number of carbonyl (C=O) groups excluding carboxylic acids is 2. The average Bonchev–Trinajstić information content (AvgIpc) is 2.53. The molecule has 0 unspecified atom stereocenters. The van der Waals surface area contributed by atoms with Crippen molar-refractivity contribution in [1.82, 2.24) is 5.32 Å². The number of amides is 1. The standard InChI is InChI=1S/C15H20N2O2/c1-9(2)16-5-6-17-12-8-10(3)7-11(4)13(12)14(18)15(17)19/h7-9,16H,5-6H2,1-4H3. The number of fused-ring (bicyclic) bond motifs is 1. The van der Waals surface area contributed by atoms with Gasteiger partial charge >= 0.3 is 0 Å². The molecule has 0 saturated carbocycles. The lowest BCUT2D eigenvalue weighted by Gasteiger charge is -2.18. The highest BCUT2D eigenvalue weighted by molar-refractivity contribution is 6.52. The average molecular weight is 260 g/mol. The second kappa shape index (κ2) is 5.13. The lowest BCUT2D eigenvalue weighted by Crippen LogP contribution is -2.37. The first kappa shape index (κ1) is 13.7. The van der Waals surface area contributed by atoms with E-state index in [2.05, 4.69) is 19.2 Å². The van der Waals surface area contributed by atoms with Crippen LogP contribution in [0.2, 0.25) is 0 Å². The Morgan fingerprint density at radius 3 is 2.53 bits per heavy atom. The Hall–Kier alpha value is -1.68. The van der Waals surface area contributed by atoms with E-state index in [1.807, 2.05) is 26.0 Å². The van der Waals surface area contributed by atoms with Gasteiger partial charge in [0.2, 0.25) is 0 Å². The summed E-state index contributed by atoms with van der Waals surface area (Å²) in [7, 11) is 0. The molecule has 0 aliphatic carbocycles. The molecule has 1 aliphatic rings. The Labute approximate surface area is 113 Å². The Morgan fingerprint density at radius 1 is 1.21 bits per heavy atom. The van der Waals surface area contributed by atoms with Gasteiger partial charge in [0, 0.05) is 19.1 Å². The minimum Gasteiger partial charge on any atom is -0.313 e. The summed E-state index contributed by atoms with van der Waals surface area (Å²) < 4.78 is 0. The van der Waals surface area contributed by atoms with Crippen LogP contribution in [0.5, 0.6) is 0 Å². The lowest BCUT2D eigenvalue weighted by molar-refractivity contribution is -0.114. The molecule has 1 aromatic carbocycles.